The standard InChI is InChI=1S/C13H24N2O2/c1-10(11-5-6-11)15(8-9-17-2)13(16)12-4-3-7-14-12/h10-12,14H,3-9H2,1-2H3. The normalized spacial score (nSPS) is 25.9. The third kappa shape index (κ3) is 3.19. The smallest absolute Gasteiger partial charge is 0.240 e. The number of carbonyl (C=O) groups is 1. The average molecular weight is 240 g/mol. The average Bonchev–Trinajstić information content (AvgIpc) is 3.04. The van der Waals surface area contributed by atoms with Gasteiger partial charge in [0.1, 0.15) is 0 Å². The molecule has 1 saturated carbocycles. The number of hydrogen-bond donors (Lipinski definition) is 1. The highest BCUT2D eigenvalue weighted by atomic mass is 16.5. The molecule has 17 heavy (non-hydrogen) atoms. The van der Waals surface area contributed by atoms with Gasteiger partial charge in [-0.05, 0) is 45.1 Å². The van der Waals surface area contributed by atoms with Gasteiger partial charge in [0.15, 0.2) is 0 Å². The maximum Gasteiger partial charge on any atom is 0.240 e. The molecule has 1 aliphatic carbocycles. The van der Waals surface area contributed by atoms with Crippen LogP contribution in [0, 0.1) is 5.92 Å². The summed E-state index contributed by atoms with van der Waals surface area (Å²) >= 11 is 0. The van der Waals surface area contributed by atoms with Gasteiger partial charge in [-0.2, -0.15) is 0 Å². The second-order valence-electron chi connectivity index (χ2n) is 5.25. The summed E-state index contributed by atoms with van der Waals surface area (Å²) in [5.41, 5.74) is 0. The molecular formula is C13H24N2O2. The summed E-state index contributed by atoms with van der Waals surface area (Å²) < 4.78 is 5.12. The first-order chi connectivity index (χ1) is 8.24. The number of rotatable bonds is 6. The summed E-state index contributed by atoms with van der Waals surface area (Å²) in [4.78, 5) is 14.5. The van der Waals surface area contributed by atoms with Gasteiger partial charge < -0.3 is 15.0 Å². The van der Waals surface area contributed by atoms with Gasteiger partial charge in [0, 0.05) is 19.7 Å². The van der Waals surface area contributed by atoms with E-state index < -0.39 is 0 Å². The predicted octanol–water partition coefficient (Wildman–Crippen LogP) is 1.01. The number of methoxy groups -OCH3 is 1. The Labute approximate surface area is 104 Å². The molecule has 1 amide bonds. The molecule has 2 unspecified atom stereocenters. The zero-order valence-electron chi connectivity index (χ0n) is 10.9. The highest BCUT2D eigenvalue weighted by Gasteiger charge is 2.36. The van der Waals surface area contributed by atoms with Crippen molar-refractivity contribution in [2.24, 2.45) is 5.92 Å². The number of ether oxygens (including phenoxy) is 1. The lowest BCUT2D eigenvalue weighted by Gasteiger charge is -2.31. The van der Waals surface area contributed by atoms with Crippen LogP contribution in [0.2, 0.25) is 0 Å². The summed E-state index contributed by atoms with van der Waals surface area (Å²) in [5.74, 6) is 0.996. The monoisotopic (exact) mass is 240 g/mol. The fourth-order valence-electron chi connectivity index (χ4n) is 2.63. The van der Waals surface area contributed by atoms with Gasteiger partial charge >= 0.3 is 0 Å². The van der Waals surface area contributed by atoms with Gasteiger partial charge in [-0.1, -0.05) is 0 Å². The summed E-state index contributed by atoms with van der Waals surface area (Å²) in [6.07, 6.45) is 4.65. The second kappa shape index (κ2) is 5.83. The number of nitrogens with one attached hydrogen (secondary N) is 1. The van der Waals surface area contributed by atoms with E-state index in [0.29, 0.717) is 12.6 Å². The maximum atomic E-state index is 12.4. The molecule has 0 aromatic carbocycles. The van der Waals surface area contributed by atoms with E-state index in [1.807, 2.05) is 4.90 Å². The lowest BCUT2D eigenvalue weighted by molar-refractivity contribution is -0.136. The fourth-order valence-corrected chi connectivity index (χ4v) is 2.63. The first kappa shape index (κ1) is 12.8. The van der Waals surface area contributed by atoms with Crippen LogP contribution in [0.25, 0.3) is 0 Å². The van der Waals surface area contributed by atoms with E-state index in [9.17, 15) is 4.79 Å². The Morgan fingerprint density at radius 1 is 1.47 bits per heavy atom. The van der Waals surface area contributed by atoms with Crippen molar-refractivity contribution in [3.63, 3.8) is 0 Å². The van der Waals surface area contributed by atoms with E-state index in [1.165, 1.54) is 12.8 Å². The minimum atomic E-state index is 0.0491. The minimum Gasteiger partial charge on any atom is -0.383 e. The number of amides is 1. The highest BCUT2D eigenvalue weighted by molar-refractivity contribution is 5.82. The summed E-state index contributed by atoms with van der Waals surface area (Å²) in [6, 6.07) is 0.424. The molecule has 0 bridgehead atoms. The van der Waals surface area contributed by atoms with Crippen LogP contribution in [0.1, 0.15) is 32.6 Å². The Kier molecular flexibility index (Phi) is 4.40. The summed E-state index contributed by atoms with van der Waals surface area (Å²) in [5, 5.41) is 3.30. The van der Waals surface area contributed by atoms with Crippen molar-refractivity contribution in [2.75, 3.05) is 26.8 Å². The Balaban J connectivity index is 1.94. The van der Waals surface area contributed by atoms with Crippen LogP contribution in [-0.2, 0) is 9.53 Å². The molecule has 2 aliphatic rings. The molecule has 0 aromatic heterocycles. The third-order valence-corrected chi connectivity index (χ3v) is 3.97. The van der Waals surface area contributed by atoms with Gasteiger partial charge in [-0.25, -0.2) is 0 Å². The molecule has 4 nitrogen and oxygen atoms in total. The molecule has 1 N–H and O–H groups in total. The van der Waals surface area contributed by atoms with Gasteiger partial charge in [0.2, 0.25) is 5.91 Å². The Morgan fingerprint density at radius 3 is 2.76 bits per heavy atom. The Morgan fingerprint density at radius 2 is 2.24 bits per heavy atom. The number of nitrogens with zero attached hydrogens (tertiary/aromatic N) is 1. The molecule has 1 aliphatic heterocycles. The zero-order chi connectivity index (χ0) is 12.3. The quantitative estimate of drug-likeness (QED) is 0.753. The minimum absolute atomic E-state index is 0.0491. The van der Waals surface area contributed by atoms with E-state index in [4.69, 9.17) is 4.74 Å². The van der Waals surface area contributed by atoms with Gasteiger partial charge in [0.05, 0.1) is 12.6 Å². The van der Waals surface area contributed by atoms with E-state index >= 15 is 0 Å². The lowest BCUT2D eigenvalue weighted by atomic mass is 10.1. The molecule has 0 spiro atoms. The van der Waals surface area contributed by atoms with Crippen LogP contribution >= 0.6 is 0 Å². The van der Waals surface area contributed by atoms with E-state index in [0.717, 1.165) is 31.8 Å². The topological polar surface area (TPSA) is 41.6 Å². The molecule has 2 fully saturated rings. The van der Waals surface area contributed by atoms with Crippen LogP contribution in [0.15, 0.2) is 0 Å². The first-order valence-corrected chi connectivity index (χ1v) is 6.77. The molecule has 2 rings (SSSR count). The van der Waals surface area contributed by atoms with E-state index in [2.05, 4.69) is 12.2 Å². The van der Waals surface area contributed by atoms with Crippen molar-refractivity contribution in [2.45, 2.75) is 44.7 Å². The second-order valence-corrected chi connectivity index (χ2v) is 5.25. The van der Waals surface area contributed by atoms with Crippen LogP contribution in [0.4, 0.5) is 0 Å². The number of hydrogen-bond acceptors (Lipinski definition) is 3. The lowest BCUT2D eigenvalue weighted by Crippen LogP contribution is -2.49. The molecule has 4 heteroatoms. The van der Waals surface area contributed by atoms with Crippen LogP contribution in [-0.4, -0.2) is 49.7 Å². The van der Waals surface area contributed by atoms with E-state index in [1.54, 1.807) is 7.11 Å². The van der Waals surface area contributed by atoms with E-state index in [-0.39, 0.29) is 11.9 Å². The van der Waals surface area contributed by atoms with Crippen molar-refractivity contribution < 1.29 is 9.53 Å². The van der Waals surface area contributed by atoms with Crippen LogP contribution in [0.5, 0.6) is 0 Å². The molecule has 1 heterocycles. The predicted molar refractivity (Wildman–Crippen MR) is 66.8 cm³/mol. The Hall–Kier alpha value is -0.610. The van der Waals surface area contributed by atoms with Crippen molar-refractivity contribution in [3.8, 4) is 0 Å². The molecule has 0 radical (unpaired) electrons. The van der Waals surface area contributed by atoms with Crippen LogP contribution in [0.3, 0.4) is 0 Å². The Bertz CT molecular complexity index is 260. The largest absolute Gasteiger partial charge is 0.383 e. The van der Waals surface area contributed by atoms with Crippen molar-refractivity contribution in [3.05, 3.63) is 0 Å². The SMILES string of the molecule is COCCN(C(=O)C1CCCN1)C(C)C1CC1. The van der Waals surface area contributed by atoms with Gasteiger partial charge in [0.25, 0.3) is 0 Å². The van der Waals surface area contributed by atoms with Gasteiger partial charge in [-0.3, -0.25) is 4.79 Å². The molecule has 1 saturated heterocycles. The molecular weight excluding hydrogens is 216 g/mol. The zero-order valence-corrected chi connectivity index (χ0v) is 10.9. The van der Waals surface area contributed by atoms with Crippen LogP contribution < -0.4 is 5.32 Å². The fraction of sp³-hybridized carbons (Fsp3) is 0.923. The highest BCUT2D eigenvalue weighted by Crippen LogP contribution is 2.35. The maximum absolute atomic E-state index is 12.4. The molecule has 98 valence electrons. The molecule has 0 aromatic rings. The molecule has 2 atom stereocenters. The summed E-state index contributed by atoms with van der Waals surface area (Å²) in [6.45, 7) is 4.52. The summed E-state index contributed by atoms with van der Waals surface area (Å²) in [7, 11) is 1.69. The van der Waals surface area contributed by atoms with Gasteiger partial charge in [-0.15, -0.1) is 0 Å². The number of carbonyl (C=O) groups excluding carboxylic acids is 1. The van der Waals surface area contributed by atoms with Crippen molar-refractivity contribution in [1.82, 2.24) is 10.2 Å². The third-order valence-electron chi connectivity index (χ3n) is 3.97. The van der Waals surface area contributed by atoms with Crippen molar-refractivity contribution in [1.29, 1.82) is 0 Å². The first-order valence-electron chi connectivity index (χ1n) is 6.77. The van der Waals surface area contributed by atoms with Crippen molar-refractivity contribution >= 4 is 5.91 Å².